The van der Waals surface area contributed by atoms with Gasteiger partial charge in [-0.1, -0.05) is 11.6 Å². The van der Waals surface area contributed by atoms with Crippen LogP contribution in [0.25, 0.3) is 11.0 Å². The van der Waals surface area contributed by atoms with Crippen molar-refractivity contribution in [3.05, 3.63) is 53.2 Å². The Labute approximate surface area is 124 Å². The van der Waals surface area contributed by atoms with Gasteiger partial charge in [0.1, 0.15) is 11.0 Å². The van der Waals surface area contributed by atoms with Gasteiger partial charge in [-0.05, 0) is 24.3 Å². The van der Waals surface area contributed by atoms with Crippen LogP contribution in [0.1, 0.15) is 16.2 Å². The Kier molecular flexibility index (Phi) is 2.58. The maximum absolute atomic E-state index is 12.3. The van der Waals surface area contributed by atoms with Crippen LogP contribution in [0, 0.1) is 0 Å². The summed E-state index contributed by atoms with van der Waals surface area (Å²) in [5.74, 6) is 0.314. The molecule has 3 aromatic rings. The second-order valence-electron chi connectivity index (χ2n) is 4.59. The smallest absolute Gasteiger partial charge is 0.280 e. The minimum Gasteiger partial charge on any atom is -0.285 e. The topological polar surface area (TPSA) is 71.9 Å². The van der Waals surface area contributed by atoms with E-state index in [1.807, 2.05) is 12.1 Å². The van der Waals surface area contributed by atoms with Gasteiger partial charge in [0.15, 0.2) is 11.3 Å². The van der Waals surface area contributed by atoms with Crippen LogP contribution in [0.4, 0.5) is 5.82 Å². The number of carbonyl (C=O) groups is 1. The van der Waals surface area contributed by atoms with E-state index in [1.165, 1.54) is 11.1 Å². The van der Waals surface area contributed by atoms with Crippen LogP contribution in [-0.4, -0.2) is 25.8 Å². The van der Waals surface area contributed by atoms with E-state index in [0.29, 0.717) is 34.6 Å². The Hall–Kier alpha value is -2.60. The molecule has 0 atom stereocenters. The van der Waals surface area contributed by atoms with Gasteiger partial charge in [0, 0.05) is 17.8 Å². The van der Waals surface area contributed by atoms with Crippen molar-refractivity contribution in [1.82, 2.24) is 19.9 Å². The number of hydrogen-bond donors (Lipinski definition) is 0. The molecule has 0 radical (unpaired) electrons. The minimum atomic E-state index is -0.202. The second-order valence-corrected chi connectivity index (χ2v) is 4.98. The van der Waals surface area contributed by atoms with Crippen LogP contribution >= 0.6 is 11.6 Å². The van der Waals surface area contributed by atoms with Crippen molar-refractivity contribution in [1.29, 1.82) is 0 Å². The maximum Gasteiger partial charge on any atom is 0.280 e. The van der Waals surface area contributed by atoms with Crippen LogP contribution in [-0.2, 0) is 6.54 Å². The number of nitrogens with zero attached hydrogens (tertiary/aromatic N) is 5. The molecule has 21 heavy (non-hydrogen) atoms. The first-order valence-corrected chi connectivity index (χ1v) is 6.65. The van der Waals surface area contributed by atoms with E-state index in [2.05, 4.69) is 19.9 Å². The highest BCUT2D eigenvalue weighted by Crippen LogP contribution is 2.25. The Balaban J connectivity index is 1.80. The van der Waals surface area contributed by atoms with Gasteiger partial charge in [0.25, 0.3) is 5.91 Å². The first kappa shape index (κ1) is 12.2. The molecular formula is C14H8ClN5O. The van der Waals surface area contributed by atoms with Crippen LogP contribution < -0.4 is 4.90 Å². The highest BCUT2D eigenvalue weighted by atomic mass is 35.5. The second kappa shape index (κ2) is 4.46. The van der Waals surface area contributed by atoms with E-state index in [4.69, 9.17) is 11.6 Å². The van der Waals surface area contributed by atoms with Crippen molar-refractivity contribution in [3.8, 4) is 0 Å². The number of anilines is 1. The van der Waals surface area contributed by atoms with E-state index < -0.39 is 0 Å². The molecule has 4 rings (SSSR count). The summed E-state index contributed by atoms with van der Waals surface area (Å²) in [6, 6.07) is 7.18. The van der Waals surface area contributed by atoms with E-state index in [0.717, 1.165) is 5.39 Å². The molecule has 1 aliphatic rings. The number of pyridine rings is 2. The lowest BCUT2D eigenvalue weighted by Crippen LogP contribution is -2.24. The van der Waals surface area contributed by atoms with Crippen molar-refractivity contribution in [3.63, 3.8) is 0 Å². The highest BCUT2D eigenvalue weighted by molar-refractivity contribution is 6.29. The number of amides is 1. The van der Waals surface area contributed by atoms with E-state index in [1.54, 1.807) is 18.3 Å². The van der Waals surface area contributed by atoms with Crippen molar-refractivity contribution in [2.75, 3.05) is 4.90 Å². The monoisotopic (exact) mass is 297 g/mol. The largest absolute Gasteiger partial charge is 0.285 e. The molecule has 0 unspecified atom stereocenters. The van der Waals surface area contributed by atoms with Gasteiger partial charge in [0.2, 0.25) is 0 Å². The molecular weight excluding hydrogens is 290 g/mol. The van der Waals surface area contributed by atoms with Crippen LogP contribution in [0.3, 0.4) is 0 Å². The van der Waals surface area contributed by atoms with Crippen LogP contribution in [0.15, 0.2) is 36.7 Å². The van der Waals surface area contributed by atoms with Gasteiger partial charge in [-0.15, -0.1) is 0 Å². The molecule has 0 aromatic carbocycles. The number of fused-ring (bicyclic) bond motifs is 2. The summed E-state index contributed by atoms with van der Waals surface area (Å²) in [4.78, 5) is 30.7. The molecule has 1 amide bonds. The minimum absolute atomic E-state index is 0.202. The summed E-state index contributed by atoms with van der Waals surface area (Å²) in [7, 11) is 0. The lowest BCUT2D eigenvalue weighted by Gasteiger charge is -2.14. The summed E-state index contributed by atoms with van der Waals surface area (Å²) < 4.78 is 0. The summed E-state index contributed by atoms with van der Waals surface area (Å²) in [6.07, 6.45) is 3.08. The van der Waals surface area contributed by atoms with Gasteiger partial charge < -0.3 is 0 Å². The standard InChI is InChI=1S/C14H8ClN5O/c15-10-3-1-8-2-4-11(19-13(8)18-10)20-7-9-12(14(20)21)17-6-5-16-9/h1-6H,7H2. The van der Waals surface area contributed by atoms with Gasteiger partial charge in [-0.25, -0.2) is 15.0 Å². The summed E-state index contributed by atoms with van der Waals surface area (Å²) >= 11 is 5.88. The summed E-state index contributed by atoms with van der Waals surface area (Å²) in [5, 5.41) is 1.23. The average molecular weight is 298 g/mol. The van der Waals surface area contributed by atoms with Gasteiger partial charge in [-0.3, -0.25) is 14.7 Å². The van der Waals surface area contributed by atoms with Gasteiger partial charge in [0.05, 0.1) is 12.2 Å². The van der Waals surface area contributed by atoms with Crippen molar-refractivity contribution in [2.24, 2.45) is 0 Å². The number of carbonyl (C=O) groups excluding carboxylic acids is 1. The fourth-order valence-electron chi connectivity index (χ4n) is 2.31. The van der Waals surface area contributed by atoms with Gasteiger partial charge in [-0.2, -0.15) is 0 Å². The third-order valence-electron chi connectivity index (χ3n) is 3.31. The van der Waals surface area contributed by atoms with Crippen molar-refractivity contribution in [2.45, 2.75) is 6.54 Å². The zero-order chi connectivity index (χ0) is 14.4. The lowest BCUT2D eigenvalue weighted by atomic mass is 10.3. The van der Waals surface area contributed by atoms with Crippen molar-refractivity contribution < 1.29 is 4.79 Å². The molecule has 0 N–H and O–H groups in total. The SMILES string of the molecule is O=C1c2nccnc2CN1c1ccc2ccc(Cl)nc2n1. The third kappa shape index (κ3) is 1.92. The van der Waals surface area contributed by atoms with E-state index >= 15 is 0 Å². The lowest BCUT2D eigenvalue weighted by molar-refractivity contribution is 0.0992. The number of halogens is 1. The molecule has 0 bridgehead atoms. The molecule has 0 aliphatic carbocycles. The normalized spacial score (nSPS) is 13.8. The molecule has 0 fully saturated rings. The van der Waals surface area contributed by atoms with Crippen LogP contribution in [0.2, 0.25) is 5.15 Å². The molecule has 0 spiro atoms. The zero-order valence-electron chi connectivity index (χ0n) is 10.7. The summed E-state index contributed by atoms with van der Waals surface area (Å²) in [6.45, 7) is 0.362. The molecule has 7 heteroatoms. The molecule has 3 aromatic heterocycles. The molecule has 102 valence electrons. The molecule has 0 saturated heterocycles. The van der Waals surface area contributed by atoms with E-state index in [9.17, 15) is 4.79 Å². The quantitative estimate of drug-likeness (QED) is 0.644. The molecule has 1 aliphatic heterocycles. The zero-order valence-corrected chi connectivity index (χ0v) is 11.4. The fraction of sp³-hybridized carbons (Fsp3) is 0.0714. The number of rotatable bonds is 1. The number of hydrogen-bond acceptors (Lipinski definition) is 5. The molecule has 0 saturated carbocycles. The Morgan fingerprint density at radius 2 is 1.86 bits per heavy atom. The molecule has 6 nitrogen and oxygen atoms in total. The third-order valence-corrected chi connectivity index (χ3v) is 3.52. The Bertz CT molecular complexity index is 882. The van der Waals surface area contributed by atoms with Gasteiger partial charge >= 0.3 is 0 Å². The Morgan fingerprint density at radius 3 is 2.71 bits per heavy atom. The number of aromatic nitrogens is 4. The predicted molar refractivity (Wildman–Crippen MR) is 77.1 cm³/mol. The fourth-order valence-corrected chi connectivity index (χ4v) is 2.45. The van der Waals surface area contributed by atoms with Crippen molar-refractivity contribution >= 4 is 34.4 Å². The highest BCUT2D eigenvalue weighted by Gasteiger charge is 2.31. The van der Waals surface area contributed by atoms with Crippen LogP contribution in [0.5, 0.6) is 0 Å². The van der Waals surface area contributed by atoms with E-state index in [-0.39, 0.29) is 5.91 Å². The maximum atomic E-state index is 12.3. The first-order valence-electron chi connectivity index (χ1n) is 6.27. The molecule has 4 heterocycles. The predicted octanol–water partition coefficient (Wildman–Crippen LogP) is 2.23. The average Bonchev–Trinajstić information content (AvgIpc) is 2.84. The first-order chi connectivity index (χ1) is 10.2. The summed E-state index contributed by atoms with van der Waals surface area (Å²) in [5.41, 5.74) is 1.53. The Morgan fingerprint density at radius 1 is 1.05 bits per heavy atom.